The summed E-state index contributed by atoms with van der Waals surface area (Å²) in [6.07, 6.45) is 7.75. The molecule has 1 aromatic carbocycles. The Labute approximate surface area is 95.9 Å². The van der Waals surface area contributed by atoms with Crippen LogP contribution in [0.1, 0.15) is 25.0 Å². The van der Waals surface area contributed by atoms with E-state index in [-0.39, 0.29) is 12.2 Å². The maximum atomic E-state index is 8.71. The van der Waals surface area contributed by atoms with E-state index < -0.39 is 0 Å². The Hall–Kier alpha value is -1.54. The summed E-state index contributed by atoms with van der Waals surface area (Å²) in [5.41, 5.74) is 1.93. The third-order valence-electron chi connectivity index (χ3n) is 2.49. The first-order chi connectivity index (χ1) is 7.61. The molecule has 0 saturated heterocycles. The maximum Gasteiger partial charge on any atom is 0.127 e. The number of aliphatic hydroxyl groups is 1. The third-order valence-corrected chi connectivity index (χ3v) is 2.49. The van der Waals surface area contributed by atoms with Gasteiger partial charge in [-0.05, 0) is 37.6 Å². The molecule has 1 aromatic rings. The summed E-state index contributed by atoms with van der Waals surface area (Å²) in [6, 6.07) is 6.01. The Morgan fingerprint density at radius 1 is 1.38 bits per heavy atom. The minimum Gasteiger partial charge on any atom is -0.483 e. The average Bonchev–Trinajstić information content (AvgIpc) is 2.25. The van der Waals surface area contributed by atoms with Gasteiger partial charge in [-0.1, -0.05) is 24.3 Å². The standard InChI is InChI=1S/C14H16O2/c1-14(2)8-7-12-10-11(4-3-9-15)5-6-13(12)16-14/h3-8,10,15H,9H2,1-2H3. The molecule has 16 heavy (non-hydrogen) atoms. The number of aliphatic hydroxyl groups excluding tert-OH is 1. The summed E-state index contributed by atoms with van der Waals surface area (Å²) in [5, 5.41) is 8.71. The first-order valence-corrected chi connectivity index (χ1v) is 5.40. The number of hydrogen-bond donors (Lipinski definition) is 1. The van der Waals surface area contributed by atoms with Gasteiger partial charge in [0.25, 0.3) is 0 Å². The SMILES string of the molecule is CC1(C)C=Cc2cc(C=CCO)ccc2O1. The van der Waals surface area contributed by atoms with Crippen LogP contribution in [0.25, 0.3) is 12.2 Å². The van der Waals surface area contributed by atoms with Crippen LogP contribution in [0.2, 0.25) is 0 Å². The first-order valence-electron chi connectivity index (χ1n) is 5.40. The Kier molecular flexibility index (Phi) is 2.84. The van der Waals surface area contributed by atoms with Crippen LogP contribution in [0, 0.1) is 0 Å². The van der Waals surface area contributed by atoms with Crippen LogP contribution in [-0.4, -0.2) is 17.3 Å². The number of ether oxygens (including phenoxy) is 1. The zero-order valence-corrected chi connectivity index (χ0v) is 9.60. The molecule has 2 heteroatoms. The van der Waals surface area contributed by atoms with Gasteiger partial charge in [0, 0.05) is 5.56 Å². The quantitative estimate of drug-likeness (QED) is 0.823. The highest BCUT2D eigenvalue weighted by atomic mass is 16.5. The second-order valence-electron chi connectivity index (χ2n) is 4.42. The van der Waals surface area contributed by atoms with E-state index in [0.29, 0.717) is 0 Å². The van der Waals surface area contributed by atoms with Crippen molar-refractivity contribution in [2.24, 2.45) is 0 Å². The monoisotopic (exact) mass is 216 g/mol. The second-order valence-corrected chi connectivity index (χ2v) is 4.42. The van der Waals surface area contributed by atoms with Crippen LogP contribution in [-0.2, 0) is 0 Å². The van der Waals surface area contributed by atoms with E-state index in [2.05, 4.69) is 12.2 Å². The molecule has 1 aliphatic heterocycles. The number of rotatable bonds is 2. The number of benzene rings is 1. The summed E-state index contributed by atoms with van der Waals surface area (Å²) in [4.78, 5) is 0. The van der Waals surface area contributed by atoms with Crippen LogP contribution in [0.4, 0.5) is 0 Å². The summed E-state index contributed by atoms with van der Waals surface area (Å²) in [6.45, 7) is 4.13. The summed E-state index contributed by atoms with van der Waals surface area (Å²) in [7, 11) is 0. The predicted molar refractivity (Wildman–Crippen MR) is 66.3 cm³/mol. The summed E-state index contributed by atoms with van der Waals surface area (Å²) < 4.78 is 5.82. The van der Waals surface area contributed by atoms with Crippen molar-refractivity contribution >= 4 is 12.2 Å². The van der Waals surface area contributed by atoms with Crippen molar-refractivity contribution < 1.29 is 9.84 Å². The molecule has 0 aliphatic carbocycles. The molecule has 2 nitrogen and oxygen atoms in total. The largest absolute Gasteiger partial charge is 0.483 e. The molecule has 1 N–H and O–H groups in total. The molecule has 0 aromatic heterocycles. The first kappa shape index (κ1) is 11.0. The van der Waals surface area contributed by atoms with E-state index in [1.165, 1.54) is 0 Å². The van der Waals surface area contributed by atoms with E-state index in [0.717, 1.165) is 16.9 Å². The van der Waals surface area contributed by atoms with Crippen LogP contribution in [0.15, 0.2) is 30.4 Å². The molecule has 2 rings (SSSR count). The van der Waals surface area contributed by atoms with Gasteiger partial charge in [-0.25, -0.2) is 0 Å². The molecular weight excluding hydrogens is 200 g/mol. The van der Waals surface area contributed by atoms with Crippen molar-refractivity contribution in [3.05, 3.63) is 41.5 Å². The molecule has 0 amide bonds. The van der Waals surface area contributed by atoms with Gasteiger partial charge in [0.05, 0.1) is 6.61 Å². The van der Waals surface area contributed by atoms with E-state index in [9.17, 15) is 0 Å². The lowest BCUT2D eigenvalue weighted by atomic mass is 10.0. The lowest BCUT2D eigenvalue weighted by Crippen LogP contribution is -2.27. The Morgan fingerprint density at radius 3 is 2.94 bits per heavy atom. The number of hydrogen-bond acceptors (Lipinski definition) is 2. The van der Waals surface area contributed by atoms with Gasteiger partial charge >= 0.3 is 0 Å². The third kappa shape index (κ3) is 2.34. The summed E-state index contributed by atoms with van der Waals surface area (Å²) >= 11 is 0. The Balaban J connectivity index is 2.31. The van der Waals surface area contributed by atoms with E-state index in [4.69, 9.17) is 9.84 Å². The molecule has 0 bridgehead atoms. The molecule has 0 saturated carbocycles. The van der Waals surface area contributed by atoms with Crippen molar-refractivity contribution in [3.63, 3.8) is 0 Å². The molecule has 0 spiro atoms. The fraction of sp³-hybridized carbons (Fsp3) is 0.286. The molecule has 84 valence electrons. The highest BCUT2D eigenvalue weighted by molar-refractivity contribution is 5.65. The smallest absolute Gasteiger partial charge is 0.127 e. The van der Waals surface area contributed by atoms with E-state index >= 15 is 0 Å². The van der Waals surface area contributed by atoms with Crippen LogP contribution in [0.5, 0.6) is 5.75 Å². The molecule has 0 unspecified atom stereocenters. The molecule has 0 radical (unpaired) electrons. The maximum absolute atomic E-state index is 8.71. The van der Waals surface area contributed by atoms with Crippen LogP contribution < -0.4 is 4.74 Å². The van der Waals surface area contributed by atoms with Gasteiger partial charge in [0.15, 0.2) is 0 Å². The second kappa shape index (κ2) is 4.14. The van der Waals surface area contributed by atoms with Gasteiger partial charge in [0.1, 0.15) is 11.4 Å². The zero-order chi connectivity index (χ0) is 11.6. The summed E-state index contributed by atoms with van der Waals surface area (Å²) in [5.74, 6) is 0.911. The minimum absolute atomic E-state index is 0.0659. The minimum atomic E-state index is -0.227. The van der Waals surface area contributed by atoms with Gasteiger partial charge in [-0.2, -0.15) is 0 Å². The molecule has 1 aliphatic rings. The van der Waals surface area contributed by atoms with Gasteiger partial charge in [0.2, 0.25) is 0 Å². The van der Waals surface area contributed by atoms with Crippen molar-refractivity contribution in [3.8, 4) is 5.75 Å². The molecular formula is C14H16O2. The van der Waals surface area contributed by atoms with Crippen molar-refractivity contribution in [1.82, 2.24) is 0 Å². The van der Waals surface area contributed by atoms with Crippen molar-refractivity contribution in [2.75, 3.05) is 6.61 Å². The Morgan fingerprint density at radius 2 is 2.19 bits per heavy atom. The molecule has 1 heterocycles. The van der Waals surface area contributed by atoms with Crippen molar-refractivity contribution in [1.29, 1.82) is 0 Å². The van der Waals surface area contributed by atoms with E-state index in [1.807, 2.05) is 38.1 Å². The van der Waals surface area contributed by atoms with Gasteiger partial charge in [-0.15, -0.1) is 0 Å². The normalized spacial score (nSPS) is 17.2. The predicted octanol–water partition coefficient (Wildman–Crippen LogP) is 2.88. The van der Waals surface area contributed by atoms with Gasteiger partial charge in [-0.3, -0.25) is 0 Å². The lowest BCUT2D eigenvalue weighted by Gasteiger charge is -2.27. The van der Waals surface area contributed by atoms with Crippen LogP contribution in [0.3, 0.4) is 0 Å². The highest BCUT2D eigenvalue weighted by Crippen LogP contribution is 2.31. The number of fused-ring (bicyclic) bond motifs is 1. The fourth-order valence-electron chi connectivity index (χ4n) is 1.69. The average molecular weight is 216 g/mol. The van der Waals surface area contributed by atoms with Crippen molar-refractivity contribution in [2.45, 2.75) is 19.4 Å². The lowest BCUT2D eigenvalue weighted by molar-refractivity contribution is 0.159. The molecule has 0 atom stereocenters. The highest BCUT2D eigenvalue weighted by Gasteiger charge is 2.21. The van der Waals surface area contributed by atoms with Crippen LogP contribution >= 0.6 is 0 Å². The Bertz CT molecular complexity index is 442. The molecule has 0 fully saturated rings. The van der Waals surface area contributed by atoms with Gasteiger partial charge < -0.3 is 9.84 Å². The topological polar surface area (TPSA) is 29.5 Å². The fourth-order valence-corrected chi connectivity index (χ4v) is 1.69. The zero-order valence-electron chi connectivity index (χ0n) is 9.60. The van der Waals surface area contributed by atoms with E-state index in [1.54, 1.807) is 6.08 Å².